The molecular weight excluding hydrogens is 342 g/mol. The maximum atomic E-state index is 12.6. The molecule has 7 nitrogen and oxygen atoms in total. The van der Waals surface area contributed by atoms with Crippen LogP contribution in [-0.4, -0.2) is 34.2 Å². The molecule has 0 saturated carbocycles. The lowest BCUT2D eigenvalue weighted by atomic mass is 10.2. The van der Waals surface area contributed by atoms with Crippen molar-refractivity contribution in [1.82, 2.24) is 4.98 Å². The van der Waals surface area contributed by atoms with Crippen LogP contribution in [-0.2, 0) is 10.0 Å². The summed E-state index contributed by atoms with van der Waals surface area (Å²) < 4.78 is 38.0. The lowest BCUT2D eigenvalue weighted by Crippen LogP contribution is -2.14. The summed E-state index contributed by atoms with van der Waals surface area (Å²) in [6, 6.07) is 7.90. The van der Waals surface area contributed by atoms with Gasteiger partial charge in [-0.1, -0.05) is 13.8 Å². The van der Waals surface area contributed by atoms with E-state index in [1.807, 2.05) is 0 Å². The molecule has 2 aromatic rings. The minimum absolute atomic E-state index is 0.0257. The first kappa shape index (κ1) is 18.9. The number of ether oxygens (including phenoxy) is 2. The largest absolute Gasteiger partial charge is 0.497 e. The van der Waals surface area contributed by atoms with Crippen LogP contribution < -0.4 is 19.5 Å². The number of benzene rings is 1. The van der Waals surface area contributed by atoms with Crippen molar-refractivity contribution in [1.29, 1.82) is 0 Å². The summed E-state index contributed by atoms with van der Waals surface area (Å²) in [5.74, 6) is 1.90. The van der Waals surface area contributed by atoms with E-state index in [4.69, 9.17) is 9.47 Å². The molecule has 0 spiro atoms. The second-order valence-corrected chi connectivity index (χ2v) is 7.48. The van der Waals surface area contributed by atoms with Gasteiger partial charge in [-0.3, -0.25) is 4.72 Å². The van der Waals surface area contributed by atoms with Gasteiger partial charge < -0.3 is 14.8 Å². The molecular formula is C17H23N3O4S. The quantitative estimate of drug-likeness (QED) is 0.747. The first-order valence-electron chi connectivity index (χ1n) is 7.80. The standard InChI is InChI=1S/C17H23N3O4S/c1-12(2)10-18-17-8-5-13(11-19-17)20-25(21,22)16-7-6-14(23-3)9-15(16)24-4/h5-9,11-12,20H,10H2,1-4H3,(H,18,19). The topological polar surface area (TPSA) is 89.6 Å². The van der Waals surface area contributed by atoms with E-state index in [1.54, 1.807) is 18.2 Å². The molecule has 0 radical (unpaired) electrons. The Morgan fingerprint density at radius 3 is 2.44 bits per heavy atom. The second kappa shape index (κ2) is 8.06. The first-order chi connectivity index (χ1) is 11.9. The van der Waals surface area contributed by atoms with Crippen LogP contribution in [0.5, 0.6) is 11.5 Å². The molecule has 0 bridgehead atoms. The Morgan fingerprint density at radius 2 is 1.88 bits per heavy atom. The highest BCUT2D eigenvalue weighted by Crippen LogP contribution is 2.29. The van der Waals surface area contributed by atoms with Gasteiger partial charge in [0.1, 0.15) is 22.2 Å². The summed E-state index contributed by atoms with van der Waals surface area (Å²) in [6.07, 6.45) is 1.47. The van der Waals surface area contributed by atoms with Crippen molar-refractivity contribution in [3.05, 3.63) is 36.5 Å². The van der Waals surface area contributed by atoms with E-state index in [2.05, 4.69) is 28.9 Å². The third kappa shape index (κ3) is 4.99. The Balaban J connectivity index is 2.18. The average Bonchev–Trinajstić information content (AvgIpc) is 2.60. The number of pyridine rings is 1. The molecule has 0 atom stereocenters. The van der Waals surface area contributed by atoms with Crippen molar-refractivity contribution >= 4 is 21.5 Å². The molecule has 8 heteroatoms. The van der Waals surface area contributed by atoms with E-state index < -0.39 is 10.0 Å². The summed E-state index contributed by atoms with van der Waals surface area (Å²) in [4.78, 5) is 4.23. The predicted molar refractivity (Wildman–Crippen MR) is 97.9 cm³/mol. The predicted octanol–water partition coefficient (Wildman–Crippen LogP) is 2.97. The highest BCUT2D eigenvalue weighted by molar-refractivity contribution is 7.92. The van der Waals surface area contributed by atoms with Crippen LogP contribution in [0.25, 0.3) is 0 Å². The summed E-state index contributed by atoms with van der Waals surface area (Å²) in [6.45, 7) is 4.98. The molecule has 0 fully saturated rings. The molecule has 0 aliphatic carbocycles. The van der Waals surface area contributed by atoms with Crippen LogP contribution in [0.3, 0.4) is 0 Å². The van der Waals surface area contributed by atoms with E-state index in [1.165, 1.54) is 32.5 Å². The zero-order valence-corrected chi connectivity index (χ0v) is 15.6. The molecule has 0 unspecified atom stereocenters. The maximum absolute atomic E-state index is 12.6. The highest BCUT2D eigenvalue weighted by Gasteiger charge is 2.20. The van der Waals surface area contributed by atoms with Crippen molar-refractivity contribution in [2.24, 2.45) is 5.92 Å². The number of nitrogens with one attached hydrogen (secondary N) is 2. The van der Waals surface area contributed by atoms with Crippen molar-refractivity contribution < 1.29 is 17.9 Å². The molecule has 0 amide bonds. The SMILES string of the molecule is COc1ccc(S(=O)(=O)Nc2ccc(NCC(C)C)nc2)c(OC)c1. The number of methoxy groups -OCH3 is 2. The number of hydrogen-bond acceptors (Lipinski definition) is 6. The number of anilines is 2. The van der Waals surface area contributed by atoms with Gasteiger partial charge in [-0.2, -0.15) is 0 Å². The third-order valence-electron chi connectivity index (χ3n) is 3.37. The van der Waals surface area contributed by atoms with Gasteiger partial charge in [0, 0.05) is 12.6 Å². The molecule has 2 N–H and O–H groups in total. The number of sulfonamides is 1. The van der Waals surface area contributed by atoms with Gasteiger partial charge in [0.2, 0.25) is 0 Å². The molecule has 0 saturated heterocycles. The molecule has 136 valence electrons. The Kier molecular flexibility index (Phi) is 6.08. The van der Waals surface area contributed by atoms with Crippen molar-refractivity contribution in [2.45, 2.75) is 18.7 Å². The minimum Gasteiger partial charge on any atom is -0.497 e. The number of hydrogen-bond donors (Lipinski definition) is 2. The van der Waals surface area contributed by atoms with E-state index >= 15 is 0 Å². The van der Waals surface area contributed by atoms with Crippen LogP contribution in [0.4, 0.5) is 11.5 Å². The average molecular weight is 365 g/mol. The van der Waals surface area contributed by atoms with Crippen LogP contribution >= 0.6 is 0 Å². The normalized spacial score (nSPS) is 11.2. The smallest absolute Gasteiger partial charge is 0.265 e. The van der Waals surface area contributed by atoms with E-state index in [0.29, 0.717) is 23.2 Å². The summed E-state index contributed by atoms with van der Waals surface area (Å²) in [5.41, 5.74) is 0.368. The van der Waals surface area contributed by atoms with Crippen LogP contribution in [0.1, 0.15) is 13.8 Å². The van der Waals surface area contributed by atoms with Gasteiger partial charge in [0.25, 0.3) is 10.0 Å². The monoisotopic (exact) mass is 365 g/mol. The number of nitrogens with zero attached hydrogens (tertiary/aromatic N) is 1. The number of aromatic nitrogens is 1. The summed E-state index contributed by atoms with van der Waals surface area (Å²) >= 11 is 0. The van der Waals surface area contributed by atoms with Crippen LogP contribution in [0.2, 0.25) is 0 Å². The molecule has 0 aliphatic rings. The second-order valence-electron chi connectivity index (χ2n) is 5.83. The Bertz CT molecular complexity index is 805. The highest BCUT2D eigenvalue weighted by atomic mass is 32.2. The molecule has 1 aromatic heterocycles. The van der Waals surface area contributed by atoms with Gasteiger partial charge in [0.05, 0.1) is 26.1 Å². The van der Waals surface area contributed by atoms with Crippen molar-refractivity contribution in [2.75, 3.05) is 30.8 Å². The van der Waals surface area contributed by atoms with Gasteiger partial charge in [-0.05, 0) is 30.2 Å². The minimum atomic E-state index is -3.81. The molecule has 1 heterocycles. The Morgan fingerprint density at radius 1 is 1.12 bits per heavy atom. The van der Waals surface area contributed by atoms with Crippen LogP contribution in [0, 0.1) is 5.92 Å². The lowest BCUT2D eigenvalue weighted by molar-refractivity contribution is 0.386. The first-order valence-corrected chi connectivity index (χ1v) is 9.29. The summed E-state index contributed by atoms with van der Waals surface area (Å²) in [7, 11) is -0.902. The molecule has 1 aromatic carbocycles. The number of rotatable bonds is 8. The van der Waals surface area contributed by atoms with Gasteiger partial charge in [0.15, 0.2) is 0 Å². The van der Waals surface area contributed by atoms with E-state index in [-0.39, 0.29) is 10.6 Å². The van der Waals surface area contributed by atoms with Crippen molar-refractivity contribution in [3.63, 3.8) is 0 Å². The van der Waals surface area contributed by atoms with Gasteiger partial charge >= 0.3 is 0 Å². The fourth-order valence-corrected chi connectivity index (χ4v) is 3.27. The van der Waals surface area contributed by atoms with Crippen molar-refractivity contribution in [3.8, 4) is 11.5 Å². The molecule has 2 rings (SSSR count). The summed E-state index contributed by atoms with van der Waals surface area (Å²) in [5, 5.41) is 3.17. The molecule has 0 aliphatic heterocycles. The van der Waals surface area contributed by atoms with E-state index in [9.17, 15) is 8.42 Å². The fourth-order valence-electron chi connectivity index (χ4n) is 2.07. The fraction of sp³-hybridized carbons (Fsp3) is 0.353. The third-order valence-corrected chi connectivity index (χ3v) is 4.79. The van der Waals surface area contributed by atoms with Gasteiger partial charge in [-0.15, -0.1) is 0 Å². The van der Waals surface area contributed by atoms with Gasteiger partial charge in [-0.25, -0.2) is 13.4 Å². The maximum Gasteiger partial charge on any atom is 0.265 e. The zero-order valence-electron chi connectivity index (χ0n) is 14.7. The lowest BCUT2D eigenvalue weighted by Gasteiger charge is -2.13. The zero-order chi connectivity index (χ0) is 18.4. The molecule has 25 heavy (non-hydrogen) atoms. The Labute approximate surface area is 148 Å². The van der Waals surface area contributed by atoms with E-state index in [0.717, 1.165) is 6.54 Å². The van der Waals surface area contributed by atoms with Crippen LogP contribution in [0.15, 0.2) is 41.4 Å². The Hall–Kier alpha value is -2.48.